The summed E-state index contributed by atoms with van der Waals surface area (Å²) >= 11 is 1.66. The molecule has 3 aromatic heterocycles. The van der Waals surface area contributed by atoms with Gasteiger partial charge in [0.05, 0.1) is 16.6 Å². The summed E-state index contributed by atoms with van der Waals surface area (Å²) in [6.07, 6.45) is 3.64. The summed E-state index contributed by atoms with van der Waals surface area (Å²) in [7, 11) is 1.99. The molecule has 0 spiro atoms. The first-order valence-electron chi connectivity index (χ1n) is 9.75. The van der Waals surface area contributed by atoms with Crippen molar-refractivity contribution in [2.24, 2.45) is 0 Å². The Morgan fingerprint density at radius 1 is 1.00 bits per heavy atom. The summed E-state index contributed by atoms with van der Waals surface area (Å²) in [5, 5.41) is 2.05. The van der Waals surface area contributed by atoms with E-state index in [1.807, 2.05) is 71.2 Å². The van der Waals surface area contributed by atoms with Crippen LogP contribution in [0.4, 0.5) is 11.5 Å². The molecule has 7 nitrogen and oxygen atoms in total. The molecule has 8 heteroatoms. The molecular weight excluding hydrogens is 410 g/mol. The smallest absolute Gasteiger partial charge is 0.237 e. The average molecular weight is 427 g/mol. The highest BCUT2D eigenvalue weighted by Crippen LogP contribution is 2.39. The number of fused-ring (bicyclic) bond motifs is 2. The molecule has 1 aliphatic rings. The van der Waals surface area contributed by atoms with Crippen LogP contribution in [0.25, 0.3) is 27.4 Å². The van der Waals surface area contributed by atoms with Gasteiger partial charge in [-0.2, -0.15) is 4.98 Å². The Labute approximate surface area is 182 Å². The van der Waals surface area contributed by atoms with E-state index in [0.717, 1.165) is 44.5 Å². The van der Waals surface area contributed by atoms with Crippen molar-refractivity contribution in [1.29, 1.82) is 0 Å². The molecule has 2 aromatic carbocycles. The highest BCUT2D eigenvalue weighted by molar-refractivity contribution is 7.13. The van der Waals surface area contributed by atoms with Crippen LogP contribution in [0.5, 0.6) is 11.5 Å². The van der Waals surface area contributed by atoms with E-state index in [4.69, 9.17) is 14.5 Å². The first-order chi connectivity index (χ1) is 15.3. The maximum atomic E-state index is 5.57. The van der Waals surface area contributed by atoms with Gasteiger partial charge in [0.1, 0.15) is 12.1 Å². The van der Waals surface area contributed by atoms with Crippen LogP contribution in [-0.4, -0.2) is 33.4 Å². The van der Waals surface area contributed by atoms with Gasteiger partial charge in [-0.25, -0.2) is 9.97 Å². The van der Waals surface area contributed by atoms with Crippen LogP contribution in [0.1, 0.15) is 0 Å². The maximum absolute atomic E-state index is 5.57. The van der Waals surface area contributed by atoms with Crippen LogP contribution in [0.2, 0.25) is 0 Å². The quantitative estimate of drug-likeness (QED) is 0.400. The maximum Gasteiger partial charge on any atom is 0.237 e. The van der Waals surface area contributed by atoms with Crippen molar-refractivity contribution in [3.05, 3.63) is 72.5 Å². The highest BCUT2D eigenvalue weighted by atomic mass is 32.1. The van der Waals surface area contributed by atoms with E-state index in [9.17, 15) is 0 Å². The summed E-state index contributed by atoms with van der Waals surface area (Å²) in [6.45, 7) is 0.244. The van der Waals surface area contributed by atoms with Gasteiger partial charge in [-0.15, -0.1) is 11.3 Å². The lowest BCUT2D eigenvalue weighted by molar-refractivity contribution is 0.174. The van der Waals surface area contributed by atoms with Gasteiger partial charge in [0.25, 0.3) is 0 Å². The van der Waals surface area contributed by atoms with Gasteiger partial charge in [-0.1, -0.05) is 18.2 Å². The lowest BCUT2D eigenvalue weighted by Gasteiger charge is -2.22. The van der Waals surface area contributed by atoms with Gasteiger partial charge in [0, 0.05) is 29.9 Å². The standard InChI is InChI=1S/C23H17N5O2S/c1-27(15-8-9-19-20(11-15)30-14-29-19)22-16(21-7-4-10-31-21)12-24-23(26-22)28-13-25-17-5-2-3-6-18(17)28/h2-13H,14H2,1H3. The number of aromatic nitrogens is 4. The van der Waals surface area contributed by atoms with Crippen LogP contribution < -0.4 is 14.4 Å². The molecule has 152 valence electrons. The molecule has 0 bridgehead atoms. The van der Waals surface area contributed by atoms with Gasteiger partial charge >= 0.3 is 0 Å². The van der Waals surface area contributed by atoms with Gasteiger partial charge in [0.15, 0.2) is 11.5 Å². The Balaban J connectivity index is 1.50. The molecule has 0 amide bonds. The normalized spacial score (nSPS) is 12.4. The fraction of sp³-hybridized carbons (Fsp3) is 0.0870. The number of anilines is 2. The van der Waals surface area contributed by atoms with Crippen LogP contribution in [-0.2, 0) is 0 Å². The monoisotopic (exact) mass is 427 g/mol. The fourth-order valence-electron chi connectivity index (χ4n) is 3.68. The Bertz CT molecular complexity index is 1400. The number of nitrogens with zero attached hydrogens (tertiary/aromatic N) is 5. The SMILES string of the molecule is CN(c1ccc2c(c1)OCO2)c1nc(-n2cnc3ccccc32)ncc1-c1cccs1. The molecule has 0 N–H and O–H groups in total. The first-order valence-corrected chi connectivity index (χ1v) is 10.6. The predicted octanol–water partition coefficient (Wildman–Crippen LogP) is 5.04. The van der Waals surface area contributed by atoms with Gasteiger partial charge in [-0.05, 0) is 35.7 Å². The molecule has 5 aromatic rings. The van der Waals surface area contributed by atoms with E-state index in [2.05, 4.69) is 21.4 Å². The molecule has 4 heterocycles. The van der Waals surface area contributed by atoms with Crippen molar-refractivity contribution in [3.8, 4) is 27.9 Å². The third-order valence-electron chi connectivity index (χ3n) is 5.27. The molecule has 31 heavy (non-hydrogen) atoms. The molecule has 0 aliphatic carbocycles. The number of para-hydroxylation sites is 2. The largest absolute Gasteiger partial charge is 0.454 e. The summed E-state index contributed by atoms with van der Waals surface area (Å²) in [4.78, 5) is 17.3. The van der Waals surface area contributed by atoms with Crippen LogP contribution in [0.15, 0.2) is 72.5 Å². The molecule has 0 atom stereocenters. The van der Waals surface area contributed by atoms with Crippen LogP contribution in [0, 0.1) is 0 Å². The van der Waals surface area contributed by atoms with Gasteiger partial charge in [-0.3, -0.25) is 4.57 Å². The number of rotatable bonds is 4. The molecule has 0 saturated carbocycles. The predicted molar refractivity (Wildman–Crippen MR) is 121 cm³/mol. The van der Waals surface area contributed by atoms with Crippen molar-refractivity contribution in [3.63, 3.8) is 0 Å². The first kappa shape index (κ1) is 17.9. The van der Waals surface area contributed by atoms with Crippen LogP contribution >= 0.6 is 11.3 Å². The number of benzene rings is 2. The zero-order valence-corrected chi connectivity index (χ0v) is 17.4. The van der Waals surface area contributed by atoms with E-state index in [-0.39, 0.29) is 6.79 Å². The van der Waals surface area contributed by atoms with E-state index < -0.39 is 0 Å². The minimum atomic E-state index is 0.244. The van der Waals surface area contributed by atoms with Crippen molar-refractivity contribution in [2.75, 3.05) is 18.7 Å². The number of imidazole rings is 1. The Kier molecular flexibility index (Phi) is 4.10. The number of ether oxygens (including phenoxy) is 2. The van der Waals surface area contributed by atoms with E-state index in [1.54, 1.807) is 17.7 Å². The number of thiophene rings is 1. The molecule has 0 unspecified atom stereocenters. The second kappa shape index (κ2) is 7.10. The van der Waals surface area contributed by atoms with Crippen molar-refractivity contribution in [2.45, 2.75) is 0 Å². The lowest BCUT2D eigenvalue weighted by atomic mass is 10.2. The topological polar surface area (TPSA) is 65.3 Å². The second-order valence-corrected chi connectivity index (χ2v) is 8.03. The fourth-order valence-corrected chi connectivity index (χ4v) is 4.41. The van der Waals surface area contributed by atoms with E-state index in [1.165, 1.54) is 0 Å². The van der Waals surface area contributed by atoms with Crippen molar-refractivity contribution >= 4 is 33.9 Å². The zero-order valence-electron chi connectivity index (χ0n) is 16.6. The molecule has 6 rings (SSSR count). The molecule has 0 saturated heterocycles. The minimum Gasteiger partial charge on any atom is -0.454 e. The highest BCUT2D eigenvalue weighted by Gasteiger charge is 2.20. The molecule has 1 aliphatic heterocycles. The van der Waals surface area contributed by atoms with Crippen molar-refractivity contribution in [1.82, 2.24) is 19.5 Å². The Morgan fingerprint density at radius 3 is 2.81 bits per heavy atom. The Hall–Kier alpha value is -3.91. The average Bonchev–Trinajstić information content (AvgIpc) is 3.58. The minimum absolute atomic E-state index is 0.244. The second-order valence-electron chi connectivity index (χ2n) is 7.08. The molecular formula is C23H17N5O2S. The van der Waals surface area contributed by atoms with Gasteiger partial charge < -0.3 is 14.4 Å². The van der Waals surface area contributed by atoms with Gasteiger partial charge in [0.2, 0.25) is 12.7 Å². The van der Waals surface area contributed by atoms with E-state index >= 15 is 0 Å². The summed E-state index contributed by atoms with van der Waals surface area (Å²) < 4.78 is 12.9. The third-order valence-corrected chi connectivity index (χ3v) is 6.18. The zero-order chi connectivity index (χ0) is 20.8. The van der Waals surface area contributed by atoms with E-state index in [0.29, 0.717) is 5.95 Å². The Morgan fingerprint density at radius 2 is 1.90 bits per heavy atom. The molecule has 0 fully saturated rings. The summed E-state index contributed by atoms with van der Waals surface area (Å²) in [5.41, 5.74) is 3.77. The number of hydrogen-bond acceptors (Lipinski definition) is 7. The molecule has 0 radical (unpaired) electrons. The number of hydrogen-bond donors (Lipinski definition) is 0. The summed E-state index contributed by atoms with van der Waals surface area (Å²) in [6, 6.07) is 17.9. The van der Waals surface area contributed by atoms with Crippen LogP contribution in [0.3, 0.4) is 0 Å². The third kappa shape index (κ3) is 3.00. The lowest BCUT2D eigenvalue weighted by Crippen LogP contribution is -2.14. The summed E-state index contributed by atoms with van der Waals surface area (Å²) in [5.74, 6) is 2.85. The van der Waals surface area contributed by atoms with Crippen molar-refractivity contribution < 1.29 is 9.47 Å².